The minimum absolute atomic E-state index is 0.0999. The Bertz CT molecular complexity index is 1470. The van der Waals surface area contributed by atoms with Gasteiger partial charge in [-0.3, -0.25) is 14.2 Å². The first kappa shape index (κ1) is 21.4. The van der Waals surface area contributed by atoms with Crippen LogP contribution >= 0.6 is 11.6 Å². The van der Waals surface area contributed by atoms with Gasteiger partial charge in [-0.2, -0.15) is 10.1 Å². The third-order valence-corrected chi connectivity index (χ3v) is 6.02. The van der Waals surface area contributed by atoms with E-state index in [2.05, 4.69) is 25.7 Å². The predicted molar refractivity (Wildman–Crippen MR) is 127 cm³/mol. The maximum Gasteiger partial charge on any atom is 0.359 e. The summed E-state index contributed by atoms with van der Waals surface area (Å²) in [7, 11) is 1.83. The van der Waals surface area contributed by atoms with Crippen LogP contribution in [-0.4, -0.2) is 41.5 Å². The number of pyridine rings is 1. The number of anilines is 2. The first-order valence-corrected chi connectivity index (χ1v) is 11.1. The van der Waals surface area contributed by atoms with Gasteiger partial charge in [0.2, 0.25) is 5.95 Å². The second kappa shape index (κ2) is 8.45. The van der Waals surface area contributed by atoms with E-state index in [1.54, 1.807) is 23.0 Å². The molecule has 1 aliphatic rings. The Morgan fingerprint density at radius 3 is 2.85 bits per heavy atom. The third-order valence-electron chi connectivity index (χ3n) is 5.71. The number of hydrogen-bond donors (Lipinski definition) is 2. The SMILES string of the molecule is Cc1cncc(-n2c(=O)nc(Nc3cc4cn(C)nc4cc3Cl)n(C[C@@H]3CCCN3)c2=O)c1. The summed E-state index contributed by atoms with van der Waals surface area (Å²) in [6.45, 7) is 3.10. The zero-order valence-corrected chi connectivity index (χ0v) is 19.0. The zero-order chi connectivity index (χ0) is 23.1. The smallest absolute Gasteiger partial charge is 0.324 e. The molecule has 1 aliphatic heterocycles. The summed E-state index contributed by atoms with van der Waals surface area (Å²) in [5.41, 5.74) is 1.32. The van der Waals surface area contributed by atoms with Crippen LogP contribution in [0.15, 0.2) is 46.4 Å². The fourth-order valence-electron chi connectivity index (χ4n) is 4.16. The summed E-state index contributed by atoms with van der Waals surface area (Å²) < 4.78 is 4.23. The summed E-state index contributed by atoms with van der Waals surface area (Å²) in [6.07, 6.45) is 6.97. The highest BCUT2D eigenvalue weighted by Crippen LogP contribution is 2.29. The van der Waals surface area contributed by atoms with Gasteiger partial charge in [0.15, 0.2) is 0 Å². The van der Waals surface area contributed by atoms with Gasteiger partial charge in [0, 0.05) is 37.4 Å². The number of benzene rings is 1. The number of fused-ring (bicyclic) bond motifs is 1. The topological polar surface area (TPSA) is 112 Å². The predicted octanol–water partition coefficient (Wildman–Crippen LogP) is 2.13. The van der Waals surface area contributed by atoms with Crippen molar-refractivity contribution in [2.24, 2.45) is 7.05 Å². The number of nitrogens with one attached hydrogen (secondary N) is 2. The fraction of sp³-hybridized carbons (Fsp3) is 0.318. The molecule has 1 aromatic carbocycles. The van der Waals surface area contributed by atoms with Crippen LogP contribution in [0.2, 0.25) is 5.02 Å². The van der Waals surface area contributed by atoms with E-state index < -0.39 is 11.4 Å². The highest BCUT2D eigenvalue weighted by atomic mass is 35.5. The molecule has 0 bridgehead atoms. The van der Waals surface area contributed by atoms with Crippen LogP contribution in [0, 0.1) is 6.92 Å². The van der Waals surface area contributed by atoms with Crippen molar-refractivity contribution in [3.8, 4) is 5.69 Å². The molecule has 0 saturated carbocycles. The Kier molecular flexibility index (Phi) is 5.47. The number of rotatable bonds is 5. The Hall–Kier alpha value is -3.50. The van der Waals surface area contributed by atoms with Crippen molar-refractivity contribution in [1.29, 1.82) is 0 Å². The van der Waals surface area contributed by atoms with Gasteiger partial charge in [-0.1, -0.05) is 11.6 Å². The average Bonchev–Trinajstić information content (AvgIpc) is 3.39. The Morgan fingerprint density at radius 1 is 1.24 bits per heavy atom. The molecule has 1 fully saturated rings. The number of hydrogen-bond acceptors (Lipinski definition) is 7. The largest absolute Gasteiger partial charge is 0.359 e. The molecule has 0 spiro atoms. The van der Waals surface area contributed by atoms with E-state index in [9.17, 15) is 9.59 Å². The van der Waals surface area contributed by atoms with Crippen molar-refractivity contribution in [1.82, 2.24) is 34.2 Å². The van der Waals surface area contributed by atoms with E-state index in [4.69, 9.17) is 11.6 Å². The average molecular weight is 467 g/mol. The van der Waals surface area contributed by atoms with E-state index >= 15 is 0 Å². The maximum atomic E-state index is 13.5. The molecule has 1 saturated heterocycles. The highest BCUT2D eigenvalue weighted by Gasteiger charge is 2.21. The van der Waals surface area contributed by atoms with Gasteiger partial charge in [0.05, 0.1) is 28.1 Å². The lowest BCUT2D eigenvalue weighted by atomic mass is 10.2. The molecule has 0 unspecified atom stereocenters. The molecule has 170 valence electrons. The first-order chi connectivity index (χ1) is 15.9. The van der Waals surface area contributed by atoms with Gasteiger partial charge in [0.25, 0.3) is 0 Å². The Balaban J connectivity index is 1.64. The lowest BCUT2D eigenvalue weighted by molar-refractivity contribution is 0.483. The van der Waals surface area contributed by atoms with Crippen LogP contribution in [0.1, 0.15) is 18.4 Å². The molecule has 3 aromatic heterocycles. The van der Waals surface area contributed by atoms with E-state index in [0.717, 1.165) is 40.4 Å². The first-order valence-electron chi connectivity index (χ1n) is 10.7. The molecule has 10 nitrogen and oxygen atoms in total. The summed E-state index contributed by atoms with van der Waals surface area (Å²) in [6, 6.07) is 5.39. The molecule has 11 heteroatoms. The van der Waals surface area contributed by atoms with Gasteiger partial charge in [-0.15, -0.1) is 0 Å². The normalized spacial score (nSPS) is 15.9. The van der Waals surface area contributed by atoms with Crippen molar-refractivity contribution in [2.75, 3.05) is 11.9 Å². The molecule has 5 rings (SSSR count). The summed E-state index contributed by atoms with van der Waals surface area (Å²) >= 11 is 6.48. The monoisotopic (exact) mass is 466 g/mol. The van der Waals surface area contributed by atoms with Crippen molar-refractivity contribution < 1.29 is 0 Å². The molecule has 0 aliphatic carbocycles. The summed E-state index contributed by atoms with van der Waals surface area (Å²) in [5, 5.41) is 12.1. The lowest BCUT2D eigenvalue weighted by Gasteiger charge is -2.19. The van der Waals surface area contributed by atoms with Crippen molar-refractivity contribution in [3.63, 3.8) is 0 Å². The Labute approximate surface area is 193 Å². The van der Waals surface area contributed by atoms with Crippen LogP contribution in [0.3, 0.4) is 0 Å². The van der Waals surface area contributed by atoms with Crippen LogP contribution in [0.25, 0.3) is 16.6 Å². The molecular weight excluding hydrogens is 444 g/mol. The van der Waals surface area contributed by atoms with Crippen molar-refractivity contribution in [3.05, 3.63) is 68.3 Å². The third kappa shape index (κ3) is 4.14. The van der Waals surface area contributed by atoms with Gasteiger partial charge < -0.3 is 10.6 Å². The quantitative estimate of drug-likeness (QED) is 0.463. The number of halogens is 1. The van der Waals surface area contributed by atoms with Crippen LogP contribution in [0.5, 0.6) is 0 Å². The maximum absolute atomic E-state index is 13.5. The Morgan fingerprint density at radius 2 is 2.09 bits per heavy atom. The van der Waals surface area contributed by atoms with Crippen LogP contribution in [0.4, 0.5) is 11.6 Å². The van der Waals surface area contributed by atoms with E-state index in [0.29, 0.717) is 22.9 Å². The second-order valence-electron chi connectivity index (χ2n) is 8.28. The fourth-order valence-corrected chi connectivity index (χ4v) is 4.36. The van der Waals surface area contributed by atoms with Crippen molar-refractivity contribution >= 4 is 34.1 Å². The standard InChI is InChI=1S/C22H23ClN8O2/c1-13-6-16(10-24-9-13)31-21(32)27-20(30(22(31)33)12-15-4-3-5-25-15)26-19-7-14-11-29(2)28-18(14)8-17(19)23/h6-11,15,25H,3-5,12H2,1-2H3,(H,26,27,32)/t15-/m0/s1. The molecule has 33 heavy (non-hydrogen) atoms. The van der Waals surface area contributed by atoms with Gasteiger partial charge in [0.1, 0.15) is 0 Å². The number of aromatic nitrogens is 6. The molecule has 0 amide bonds. The molecule has 2 N–H and O–H groups in total. The molecular formula is C22H23ClN8O2. The lowest BCUT2D eigenvalue weighted by Crippen LogP contribution is -2.44. The summed E-state index contributed by atoms with van der Waals surface area (Å²) in [4.78, 5) is 34.9. The molecule has 0 radical (unpaired) electrons. The second-order valence-corrected chi connectivity index (χ2v) is 8.69. The molecule has 1 atom stereocenters. The molecule has 4 aromatic rings. The van der Waals surface area contributed by atoms with Crippen LogP contribution < -0.4 is 22.0 Å². The number of nitrogens with zero attached hydrogens (tertiary/aromatic N) is 6. The zero-order valence-electron chi connectivity index (χ0n) is 18.2. The van der Waals surface area contributed by atoms with E-state index in [1.165, 1.54) is 10.8 Å². The minimum Gasteiger partial charge on any atom is -0.324 e. The van der Waals surface area contributed by atoms with Gasteiger partial charge in [-0.25, -0.2) is 14.2 Å². The van der Waals surface area contributed by atoms with E-state index in [-0.39, 0.29) is 12.0 Å². The number of aryl methyl sites for hydroxylation is 2. The molecule has 4 heterocycles. The van der Waals surface area contributed by atoms with Crippen molar-refractivity contribution in [2.45, 2.75) is 32.4 Å². The van der Waals surface area contributed by atoms with E-state index in [1.807, 2.05) is 26.2 Å². The van der Waals surface area contributed by atoms with Crippen LogP contribution in [-0.2, 0) is 13.6 Å². The minimum atomic E-state index is -0.691. The van der Waals surface area contributed by atoms with Gasteiger partial charge >= 0.3 is 11.4 Å². The summed E-state index contributed by atoms with van der Waals surface area (Å²) in [5.74, 6) is 0.140. The highest BCUT2D eigenvalue weighted by molar-refractivity contribution is 6.34. The van der Waals surface area contributed by atoms with Gasteiger partial charge in [-0.05, 0) is 50.1 Å².